The first-order valence-corrected chi connectivity index (χ1v) is 8.35. The summed E-state index contributed by atoms with van der Waals surface area (Å²) in [4.78, 5) is 23.3. The van der Waals surface area contributed by atoms with E-state index in [-0.39, 0.29) is 6.61 Å². The molecule has 0 bridgehead atoms. The highest BCUT2D eigenvalue weighted by atomic mass is 16.7. The molecule has 0 aliphatic rings. The van der Waals surface area contributed by atoms with Crippen LogP contribution in [0.5, 0.6) is 0 Å². The zero-order valence-electron chi connectivity index (χ0n) is 14.4. The zero-order chi connectivity index (χ0) is 17.6. The van der Waals surface area contributed by atoms with Crippen molar-refractivity contribution < 1.29 is 28.5 Å². The fourth-order valence-corrected chi connectivity index (χ4v) is 1.80. The summed E-state index contributed by atoms with van der Waals surface area (Å²) in [7, 11) is 0. The molecule has 1 atom stereocenters. The topological polar surface area (TPSA) is 71.1 Å². The van der Waals surface area contributed by atoms with Gasteiger partial charge < -0.3 is 18.9 Å². The minimum absolute atomic E-state index is 0.127. The fraction of sp³-hybridized carbons (Fsp3) is 0.556. The van der Waals surface area contributed by atoms with E-state index in [1.54, 1.807) is 12.1 Å². The van der Waals surface area contributed by atoms with Gasteiger partial charge in [-0.2, -0.15) is 0 Å². The van der Waals surface area contributed by atoms with Crippen molar-refractivity contribution in [3.8, 4) is 0 Å². The van der Waals surface area contributed by atoms with Gasteiger partial charge >= 0.3 is 12.3 Å². The van der Waals surface area contributed by atoms with E-state index in [1.807, 2.05) is 32.0 Å². The lowest BCUT2D eigenvalue weighted by Crippen LogP contribution is -2.20. The molecule has 0 spiro atoms. The Morgan fingerprint density at radius 1 is 0.875 bits per heavy atom. The molecule has 0 radical (unpaired) electrons. The van der Waals surface area contributed by atoms with E-state index in [0.29, 0.717) is 18.8 Å². The summed E-state index contributed by atoms with van der Waals surface area (Å²) >= 11 is 0. The number of carbonyl (C=O) groups is 2. The number of carbonyl (C=O) groups excluding carboxylic acids is 2. The Balaban J connectivity index is 2.53. The molecule has 1 aromatic rings. The average molecular weight is 338 g/mol. The predicted molar refractivity (Wildman–Crippen MR) is 88.7 cm³/mol. The van der Waals surface area contributed by atoms with Crippen molar-refractivity contribution in [3.05, 3.63) is 35.9 Å². The normalized spacial score (nSPS) is 11.4. The molecule has 134 valence electrons. The van der Waals surface area contributed by atoms with Gasteiger partial charge in [-0.25, -0.2) is 9.59 Å². The largest absolute Gasteiger partial charge is 0.509 e. The highest BCUT2D eigenvalue weighted by molar-refractivity contribution is 5.61. The maximum absolute atomic E-state index is 11.7. The molecule has 1 aromatic carbocycles. The number of hydrogen-bond donors (Lipinski definition) is 0. The van der Waals surface area contributed by atoms with Gasteiger partial charge in [-0.05, 0) is 18.4 Å². The van der Waals surface area contributed by atoms with E-state index in [9.17, 15) is 9.59 Å². The first-order chi connectivity index (χ1) is 11.7. The smallest absolute Gasteiger partial charge is 0.434 e. The minimum atomic E-state index is -0.778. The maximum atomic E-state index is 11.7. The quantitative estimate of drug-likeness (QED) is 0.457. The van der Waals surface area contributed by atoms with Crippen LogP contribution in [0.2, 0.25) is 0 Å². The molecule has 6 nitrogen and oxygen atoms in total. The third-order valence-electron chi connectivity index (χ3n) is 3.20. The number of rotatable bonds is 10. The molecule has 0 saturated heterocycles. The second-order valence-corrected chi connectivity index (χ2v) is 5.23. The third-order valence-corrected chi connectivity index (χ3v) is 3.20. The molecular weight excluding hydrogens is 312 g/mol. The number of hydrogen-bond acceptors (Lipinski definition) is 6. The lowest BCUT2D eigenvalue weighted by molar-refractivity contribution is -0.0182. The van der Waals surface area contributed by atoms with E-state index in [4.69, 9.17) is 18.9 Å². The van der Waals surface area contributed by atoms with Crippen molar-refractivity contribution in [2.24, 2.45) is 0 Å². The van der Waals surface area contributed by atoms with Gasteiger partial charge in [0.15, 0.2) is 6.10 Å². The summed E-state index contributed by atoms with van der Waals surface area (Å²) < 4.78 is 20.2. The Hall–Kier alpha value is -2.24. The van der Waals surface area contributed by atoms with Crippen LogP contribution in [-0.2, 0) is 18.9 Å². The molecular formula is C18H26O6. The SMILES string of the molecule is CCCCOC(=O)OCC(OC(=O)OCCCC)c1ccccc1. The van der Waals surface area contributed by atoms with Crippen LogP contribution in [0.1, 0.15) is 51.2 Å². The van der Waals surface area contributed by atoms with Crippen LogP contribution in [0.15, 0.2) is 30.3 Å². The monoisotopic (exact) mass is 338 g/mol. The summed E-state index contributed by atoms with van der Waals surface area (Å²) in [6, 6.07) is 9.05. The molecule has 0 fully saturated rings. The molecule has 0 aliphatic carbocycles. The van der Waals surface area contributed by atoms with E-state index >= 15 is 0 Å². The Kier molecular flexibility index (Phi) is 10.1. The van der Waals surface area contributed by atoms with Crippen LogP contribution in [0, 0.1) is 0 Å². The number of ether oxygens (including phenoxy) is 4. The Morgan fingerprint density at radius 2 is 1.46 bits per heavy atom. The summed E-state index contributed by atoms with van der Waals surface area (Å²) in [5, 5.41) is 0. The molecule has 0 saturated carbocycles. The highest BCUT2D eigenvalue weighted by Crippen LogP contribution is 2.19. The molecule has 1 unspecified atom stereocenters. The van der Waals surface area contributed by atoms with Gasteiger partial charge in [-0.3, -0.25) is 0 Å². The van der Waals surface area contributed by atoms with Gasteiger partial charge in [0, 0.05) is 0 Å². The lowest BCUT2D eigenvalue weighted by Gasteiger charge is -2.18. The molecule has 6 heteroatoms. The van der Waals surface area contributed by atoms with Crippen molar-refractivity contribution in [1.82, 2.24) is 0 Å². The zero-order valence-corrected chi connectivity index (χ0v) is 14.4. The first kappa shape index (κ1) is 19.8. The van der Waals surface area contributed by atoms with Crippen molar-refractivity contribution in [2.45, 2.75) is 45.6 Å². The third kappa shape index (κ3) is 8.41. The lowest BCUT2D eigenvalue weighted by atomic mass is 10.1. The first-order valence-electron chi connectivity index (χ1n) is 8.35. The molecule has 0 aliphatic heterocycles. The number of benzene rings is 1. The van der Waals surface area contributed by atoms with Gasteiger partial charge in [0.2, 0.25) is 0 Å². The molecule has 24 heavy (non-hydrogen) atoms. The maximum Gasteiger partial charge on any atom is 0.509 e. The van der Waals surface area contributed by atoms with E-state index in [2.05, 4.69) is 0 Å². The van der Waals surface area contributed by atoms with E-state index < -0.39 is 18.4 Å². The summed E-state index contributed by atoms with van der Waals surface area (Å²) in [6.07, 6.45) is 1.10. The van der Waals surface area contributed by atoms with Gasteiger partial charge in [0.1, 0.15) is 6.61 Å². The predicted octanol–water partition coefficient (Wildman–Crippen LogP) is 4.63. The van der Waals surface area contributed by atoms with E-state index in [1.165, 1.54) is 0 Å². The van der Waals surface area contributed by atoms with Gasteiger partial charge in [-0.15, -0.1) is 0 Å². The van der Waals surface area contributed by atoms with Crippen molar-refractivity contribution in [1.29, 1.82) is 0 Å². The van der Waals surface area contributed by atoms with Crippen molar-refractivity contribution >= 4 is 12.3 Å². The van der Waals surface area contributed by atoms with Crippen molar-refractivity contribution in [3.63, 3.8) is 0 Å². The van der Waals surface area contributed by atoms with Crippen LogP contribution >= 0.6 is 0 Å². The molecule has 1 rings (SSSR count). The second-order valence-electron chi connectivity index (χ2n) is 5.23. The molecule has 0 N–H and O–H groups in total. The Labute approximate surface area is 143 Å². The molecule has 0 heterocycles. The Morgan fingerprint density at radius 3 is 2.04 bits per heavy atom. The second kappa shape index (κ2) is 12.2. The standard InChI is InChI=1S/C18H26O6/c1-3-5-12-21-17(19)23-14-16(15-10-8-7-9-11-15)24-18(20)22-13-6-4-2/h7-11,16H,3-6,12-14H2,1-2H3. The number of unbranched alkanes of at least 4 members (excludes halogenated alkanes) is 2. The van der Waals surface area contributed by atoms with Gasteiger partial charge in [0.25, 0.3) is 0 Å². The van der Waals surface area contributed by atoms with Crippen LogP contribution in [0.25, 0.3) is 0 Å². The van der Waals surface area contributed by atoms with Crippen LogP contribution in [0.3, 0.4) is 0 Å². The van der Waals surface area contributed by atoms with Crippen LogP contribution < -0.4 is 0 Å². The fourth-order valence-electron chi connectivity index (χ4n) is 1.80. The highest BCUT2D eigenvalue weighted by Gasteiger charge is 2.20. The van der Waals surface area contributed by atoms with Crippen LogP contribution in [0.4, 0.5) is 9.59 Å². The average Bonchev–Trinajstić information content (AvgIpc) is 2.60. The van der Waals surface area contributed by atoms with Gasteiger partial charge in [0.05, 0.1) is 13.2 Å². The van der Waals surface area contributed by atoms with E-state index in [0.717, 1.165) is 25.7 Å². The van der Waals surface area contributed by atoms with Gasteiger partial charge in [-0.1, -0.05) is 57.0 Å². The molecule has 0 aromatic heterocycles. The summed E-state index contributed by atoms with van der Waals surface area (Å²) in [6.45, 7) is 4.48. The summed E-state index contributed by atoms with van der Waals surface area (Å²) in [5.74, 6) is 0. The van der Waals surface area contributed by atoms with Crippen molar-refractivity contribution in [2.75, 3.05) is 19.8 Å². The molecule has 0 amide bonds. The Bertz CT molecular complexity index is 474. The summed E-state index contributed by atoms with van der Waals surface area (Å²) in [5.41, 5.74) is 0.714. The van der Waals surface area contributed by atoms with Crippen LogP contribution in [-0.4, -0.2) is 32.1 Å². The minimum Gasteiger partial charge on any atom is -0.434 e.